The first-order chi connectivity index (χ1) is 24.3. The van der Waals surface area contributed by atoms with E-state index in [-0.39, 0.29) is 69.8 Å². The largest absolute Gasteiger partial charge is 1.00 e. The van der Waals surface area contributed by atoms with Gasteiger partial charge in [-0.1, -0.05) is 18.2 Å². The number of aromatic hydroxyl groups is 1. The summed E-state index contributed by atoms with van der Waals surface area (Å²) in [5, 5.41) is 49.7. The fraction of sp³-hybridized carbons (Fsp3) is 0.176. The molecule has 0 aliphatic heterocycles. The Bertz CT molecular complexity index is 2320. The number of nitrogens with zero attached hydrogens (tertiary/aromatic N) is 5. The molecule has 4 N–H and O–H groups in total. The summed E-state index contributed by atoms with van der Waals surface area (Å²) in [5.74, 6) is -0.387. The summed E-state index contributed by atoms with van der Waals surface area (Å²) in [4.78, 5) is -0.811. The molecule has 5 rings (SSSR count). The van der Waals surface area contributed by atoms with Crippen LogP contribution in [0, 0.1) is 6.92 Å². The molecular weight excluding hydrogens is 724 g/mol. The maximum absolute atomic E-state index is 12.9. The number of phenols is 1. The first-order valence-electron chi connectivity index (χ1n) is 15.3. The topological polar surface area (TPSA) is 226 Å². The van der Waals surface area contributed by atoms with E-state index in [1.165, 1.54) is 43.5 Å². The number of azo groups is 2. The predicted molar refractivity (Wildman–Crippen MR) is 189 cm³/mol. The van der Waals surface area contributed by atoms with Crippen LogP contribution in [-0.2, 0) is 20.1 Å². The van der Waals surface area contributed by atoms with Crippen molar-refractivity contribution in [3.05, 3.63) is 96.6 Å². The molecule has 266 valence electrons. The van der Waals surface area contributed by atoms with Crippen LogP contribution >= 0.6 is 0 Å². The van der Waals surface area contributed by atoms with Gasteiger partial charge in [0.2, 0.25) is 10.0 Å². The number of phenolic OH excluding ortho intramolecular Hbond substituents is 1. The molecule has 0 bridgehead atoms. The second-order valence-corrected chi connectivity index (χ2v) is 14.3. The van der Waals surface area contributed by atoms with Crippen LogP contribution in [0.25, 0.3) is 10.8 Å². The van der Waals surface area contributed by atoms with Gasteiger partial charge in [-0.15, -0.1) is 10.2 Å². The minimum atomic E-state index is -5.11. The van der Waals surface area contributed by atoms with Crippen LogP contribution in [0.15, 0.2) is 121 Å². The molecule has 0 radical (unpaired) electrons. The summed E-state index contributed by atoms with van der Waals surface area (Å²) in [7, 11) is -7.70. The zero-order valence-electron chi connectivity index (χ0n) is 28.3. The van der Waals surface area contributed by atoms with Gasteiger partial charge in [0, 0.05) is 35.9 Å². The molecule has 0 aliphatic carbocycles. The maximum atomic E-state index is 12.9. The van der Waals surface area contributed by atoms with Crippen molar-refractivity contribution in [1.29, 1.82) is 0 Å². The second kappa shape index (κ2) is 17.5. The zero-order valence-corrected chi connectivity index (χ0v) is 32.0. The molecular formula is C34H33N6NaO9S2. The maximum Gasteiger partial charge on any atom is 1.00 e. The summed E-state index contributed by atoms with van der Waals surface area (Å²) in [6, 6.07) is 23.8. The second-order valence-electron chi connectivity index (χ2n) is 11.0. The molecule has 0 saturated carbocycles. The van der Waals surface area contributed by atoms with Crippen molar-refractivity contribution in [2.45, 2.75) is 16.7 Å². The number of fused-ring (bicyclic) bond motifs is 1. The minimum Gasteiger partial charge on any atom is -0.744 e. The van der Waals surface area contributed by atoms with Crippen LogP contribution in [0.2, 0.25) is 0 Å². The predicted octanol–water partition coefficient (Wildman–Crippen LogP) is 3.32. The number of hydrogen-bond acceptors (Lipinski definition) is 14. The van der Waals surface area contributed by atoms with Gasteiger partial charge in [-0.2, -0.15) is 14.5 Å². The number of aryl methyl sites for hydroxylation is 1. The number of ether oxygens (including phenoxy) is 1. The van der Waals surface area contributed by atoms with E-state index in [1.807, 2.05) is 30.3 Å². The SMILES string of the molecule is COc1cc(N=Nc2ccc(S(=O)(=O)N(CCO)CCO)cc2)c(C)cc1N=Nc1c(S(=O)(=O)[O-])cc2cc(Nc3ccccc3)ccc2c1O.[Na+]. The Kier molecular flexibility index (Phi) is 13.6. The number of sulfonamides is 1. The molecule has 0 heterocycles. The Hall–Kier alpha value is -4.30. The normalized spacial score (nSPS) is 12.1. The average Bonchev–Trinajstić information content (AvgIpc) is 3.10. The van der Waals surface area contributed by atoms with Gasteiger partial charge in [-0.3, -0.25) is 0 Å². The van der Waals surface area contributed by atoms with E-state index in [4.69, 9.17) is 4.74 Å². The van der Waals surface area contributed by atoms with Gasteiger partial charge in [0.1, 0.15) is 27.2 Å². The Labute approximate surface area is 322 Å². The van der Waals surface area contributed by atoms with Crippen molar-refractivity contribution in [2.75, 3.05) is 38.7 Å². The van der Waals surface area contributed by atoms with Crippen LogP contribution in [0.4, 0.5) is 34.1 Å². The molecule has 5 aromatic carbocycles. The van der Waals surface area contributed by atoms with Crippen molar-refractivity contribution in [1.82, 2.24) is 4.31 Å². The van der Waals surface area contributed by atoms with Gasteiger partial charge >= 0.3 is 29.6 Å². The fourth-order valence-corrected chi connectivity index (χ4v) is 7.11. The first kappa shape index (κ1) is 40.5. The van der Waals surface area contributed by atoms with Crippen LogP contribution in [0.1, 0.15) is 5.56 Å². The zero-order chi connectivity index (χ0) is 36.8. The van der Waals surface area contributed by atoms with Crippen molar-refractivity contribution >= 4 is 65.0 Å². The molecule has 0 aliphatic rings. The molecule has 15 nitrogen and oxygen atoms in total. The number of aliphatic hydroxyl groups excluding tert-OH is 2. The van der Waals surface area contributed by atoms with E-state index in [1.54, 1.807) is 25.1 Å². The number of aliphatic hydroxyl groups is 2. The van der Waals surface area contributed by atoms with E-state index < -0.39 is 49.7 Å². The number of rotatable bonds is 14. The first-order valence-corrected chi connectivity index (χ1v) is 18.1. The molecule has 0 atom stereocenters. The van der Waals surface area contributed by atoms with Crippen molar-refractivity contribution < 1.29 is 71.0 Å². The van der Waals surface area contributed by atoms with Crippen LogP contribution in [0.3, 0.4) is 0 Å². The number of para-hydroxylation sites is 1. The van der Waals surface area contributed by atoms with Gasteiger partial charge in [-0.05, 0) is 84.6 Å². The third-order valence-corrected chi connectivity index (χ3v) is 10.3. The van der Waals surface area contributed by atoms with Gasteiger partial charge in [-0.25, -0.2) is 16.8 Å². The van der Waals surface area contributed by atoms with Gasteiger partial charge in [0.15, 0.2) is 5.75 Å². The van der Waals surface area contributed by atoms with E-state index in [9.17, 15) is 36.7 Å². The quantitative estimate of drug-likeness (QED) is 0.0735. The number of benzene rings is 5. The van der Waals surface area contributed by atoms with E-state index in [2.05, 4.69) is 25.8 Å². The summed E-state index contributed by atoms with van der Waals surface area (Å²) < 4.78 is 69.1. The number of methoxy groups -OCH3 is 1. The monoisotopic (exact) mass is 756 g/mol. The summed E-state index contributed by atoms with van der Waals surface area (Å²) >= 11 is 0. The van der Waals surface area contributed by atoms with Crippen LogP contribution in [-0.4, -0.2) is 74.4 Å². The number of nitrogens with one attached hydrogen (secondary N) is 1. The Morgan fingerprint density at radius 2 is 1.44 bits per heavy atom. The molecule has 0 amide bonds. The summed E-state index contributed by atoms with van der Waals surface area (Å²) in [5.41, 5.74) is 2.21. The molecule has 0 unspecified atom stereocenters. The molecule has 0 saturated heterocycles. The molecule has 0 fully saturated rings. The minimum absolute atomic E-state index is 0. The Morgan fingerprint density at radius 3 is 2.06 bits per heavy atom. The summed E-state index contributed by atoms with van der Waals surface area (Å²) in [6.07, 6.45) is 0. The third-order valence-electron chi connectivity index (χ3n) is 7.58. The molecule has 0 spiro atoms. The van der Waals surface area contributed by atoms with Crippen LogP contribution in [0.5, 0.6) is 11.5 Å². The van der Waals surface area contributed by atoms with E-state index in [0.29, 0.717) is 22.6 Å². The fourth-order valence-electron chi connectivity index (χ4n) is 5.04. The van der Waals surface area contributed by atoms with Crippen LogP contribution < -0.4 is 39.6 Å². The molecule has 0 aromatic heterocycles. The number of anilines is 2. The number of hydrogen-bond donors (Lipinski definition) is 4. The van der Waals surface area contributed by atoms with Crippen molar-refractivity contribution in [3.8, 4) is 11.5 Å². The molecule has 18 heteroatoms. The van der Waals surface area contributed by atoms with E-state index >= 15 is 0 Å². The van der Waals surface area contributed by atoms with Crippen molar-refractivity contribution in [3.63, 3.8) is 0 Å². The summed E-state index contributed by atoms with van der Waals surface area (Å²) in [6.45, 7) is 0.549. The molecule has 5 aromatic rings. The Morgan fingerprint density at radius 1 is 0.788 bits per heavy atom. The third kappa shape index (κ3) is 9.37. The van der Waals surface area contributed by atoms with E-state index in [0.717, 1.165) is 16.1 Å². The van der Waals surface area contributed by atoms with Gasteiger partial charge < -0.3 is 29.9 Å². The van der Waals surface area contributed by atoms with Gasteiger partial charge in [0.05, 0.1) is 41.5 Å². The van der Waals surface area contributed by atoms with Crippen molar-refractivity contribution in [2.24, 2.45) is 20.5 Å². The molecule has 52 heavy (non-hydrogen) atoms. The smallest absolute Gasteiger partial charge is 0.744 e. The van der Waals surface area contributed by atoms with Gasteiger partial charge in [0.25, 0.3) is 0 Å². The standard InChI is InChI=1S/C34H34N6O9S2.Na/c1-22-18-30(31(49-2)21-29(22)37-36-25-8-11-27(12-9-25)50(44,45)40(14-16-41)15-17-42)38-39-33-32(51(46,47)48)20-23-19-26(10-13-28(23)34(33)43)35-24-6-4-3-5-7-24;/h3-13,18-21,35,41-43H,14-17H2,1-2H3,(H,46,47,48);/q;+1/p-1. The average molecular weight is 757 g/mol. The Balaban J connectivity index is 0.00000605.